The minimum Gasteiger partial charge on any atom is -0.326 e. The van der Waals surface area contributed by atoms with Crippen molar-refractivity contribution < 1.29 is 0 Å². The van der Waals surface area contributed by atoms with Gasteiger partial charge in [-0.1, -0.05) is 31.2 Å². The van der Waals surface area contributed by atoms with Gasteiger partial charge in [0, 0.05) is 43.1 Å². The van der Waals surface area contributed by atoms with Gasteiger partial charge in [-0.15, -0.1) is 11.3 Å². The number of rotatable bonds is 5. The zero-order valence-electron chi connectivity index (χ0n) is 15.6. The minimum absolute atomic E-state index is 0.572. The van der Waals surface area contributed by atoms with Crippen molar-refractivity contribution in [1.29, 1.82) is 0 Å². The molecule has 0 unspecified atom stereocenters. The highest BCUT2D eigenvalue weighted by Crippen LogP contribution is 2.24. The molecule has 6 nitrogen and oxygen atoms in total. The lowest BCUT2D eigenvalue weighted by molar-refractivity contribution is 0.676. The molecule has 4 aromatic rings. The van der Waals surface area contributed by atoms with E-state index in [2.05, 4.69) is 39.6 Å². The van der Waals surface area contributed by atoms with Crippen LogP contribution in [0.5, 0.6) is 0 Å². The molecule has 3 heterocycles. The molecule has 4 rings (SSSR count). The smallest absolute Gasteiger partial charge is 0.123 e. The largest absolute Gasteiger partial charge is 0.326 e. The van der Waals surface area contributed by atoms with Crippen molar-refractivity contribution in [2.24, 2.45) is 12.8 Å². The minimum atomic E-state index is 0.572. The van der Waals surface area contributed by atoms with Crippen molar-refractivity contribution in [2.75, 3.05) is 0 Å². The average molecular weight is 381 g/mol. The molecule has 27 heavy (non-hydrogen) atoms. The van der Waals surface area contributed by atoms with Gasteiger partial charge in [0.15, 0.2) is 0 Å². The number of aryl methyl sites for hydroxylation is 2. The summed E-state index contributed by atoms with van der Waals surface area (Å²) in [6, 6.07) is 12.2. The van der Waals surface area contributed by atoms with Crippen LogP contribution < -0.4 is 5.73 Å². The molecule has 0 fully saturated rings. The summed E-state index contributed by atoms with van der Waals surface area (Å²) in [5.41, 5.74) is 10.1. The van der Waals surface area contributed by atoms with Gasteiger partial charge >= 0.3 is 0 Å². The van der Waals surface area contributed by atoms with Gasteiger partial charge in [0.2, 0.25) is 0 Å². The van der Waals surface area contributed by atoms with Gasteiger partial charge in [0.25, 0.3) is 0 Å². The molecule has 140 valence electrons. The number of thiazole rings is 1. The molecule has 0 amide bonds. The Labute approximate surface area is 163 Å². The fraction of sp³-hybridized carbons (Fsp3) is 0.250. The van der Waals surface area contributed by atoms with Crippen LogP contribution in [0.4, 0.5) is 0 Å². The van der Waals surface area contributed by atoms with Crippen LogP contribution in [0.25, 0.3) is 10.6 Å². The van der Waals surface area contributed by atoms with Gasteiger partial charge in [-0.25, -0.2) is 4.98 Å². The van der Waals surface area contributed by atoms with Gasteiger partial charge < -0.3 is 5.73 Å². The van der Waals surface area contributed by atoms with E-state index in [0.29, 0.717) is 13.1 Å². The van der Waals surface area contributed by atoms with Crippen LogP contribution in [0.3, 0.4) is 0 Å². The Morgan fingerprint density at radius 2 is 1.89 bits per heavy atom. The van der Waals surface area contributed by atoms with E-state index in [1.165, 1.54) is 0 Å². The SMILES string of the molecule is CCc1ccn(C)n1.NCc1ccc(-c2nc(Cn3cccn3)cs2)cc1. The lowest BCUT2D eigenvalue weighted by Crippen LogP contribution is -1.99. The summed E-state index contributed by atoms with van der Waals surface area (Å²) in [5, 5.41) is 11.4. The van der Waals surface area contributed by atoms with Crippen molar-refractivity contribution in [3.8, 4) is 10.6 Å². The predicted molar refractivity (Wildman–Crippen MR) is 109 cm³/mol. The normalized spacial score (nSPS) is 10.5. The van der Waals surface area contributed by atoms with E-state index in [9.17, 15) is 0 Å². The first kappa shape index (κ1) is 19.0. The first-order chi connectivity index (χ1) is 13.2. The Hall–Kier alpha value is -2.77. The van der Waals surface area contributed by atoms with Gasteiger partial charge in [0.05, 0.1) is 17.9 Å². The summed E-state index contributed by atoms with van der Waals surface area (Å²) < 4.78 is 3.69. The number of aromatic nitrogens is 5. The molecule has 0 spiro atoms. The average Bonchev–Trinajstić information content (AvgIpc) is 3.45. The number of hydrogen-bond donors (Lipinski definition) is 1. The molecular formula is C20H24N6S. The third kappa shape index (κ3) is 5.35. The van der Waals surface area contributed by atoms with Crippen molar-refractivity contribution in [2.45, 2.75) is 26.4 Å². The molecule has 0 saturated carbocycles. The van der Waals surface area contributed by atoms with E-state index in [4.69, 9.17) is 5.73 Å². The first-order valence-corrected chi connectivity index (χ1v) is 9.75. The molecule has 0 aliphatic heterocycles. The highest BCUT2D eigenvalue weighted by molar-refractivity contribution is 7.13. The van der Waals surface area contributed by atoms with Crippen LogP contribution >= 0.6 is 11.3 Å². The lowest BCUT2D eigenvalue weighted by Gasteiger charge is -1.99. The van der Waals surface area contributed by atoms with Crippen LogP contribution in [0.1, 0.15) is 23.9 Å². The highest BCUT2D eigenvalue weighted by Gasteiger charge is 2.05. The highest BCUT2D eigenvalue weighted by atomic mass is 32.1. The summed E-state index contributed by atoms with van der Waals surface area (Å²) in [7, 11) is 1.93. The zero-order valence-corrected chi connectivity index (χ0v) is 16.4. The Bertz CT molecular complexity index is 937. The zero-order chi connectivity index (χ0) is 19.1. The fourth-order valence-electron chi connectivity index (χ4n) is 2.51. The molecule has 0 bridgehead atoms. The topological polar surface area (TPSA) is 74.6 Å². The number of nitrogens with zero attached hydrogens (tertiary/aromatic N) is 5. The maximum Gasteiger partial charge on any atom is 0.123 e. The Morgan fingerprint density at radius 1 is 1.07 bits per heavy atom. The molecule has 0 radical (unpaired) electrons. The summed E-state index contributed by atoms with van der Waals surface area (Å²) in [4.78, 5) is 4.64. The van der Waals surface area contributed by atoms with Gasteiger partial charge in [0.1, 0.15) is 5.01 Å². The molecule has 1 aromatic carbocycles. The van der Waals surface area contributed by atoms with Crippen LogP contribution in [-0.4, -0.2) is 24.5 Å². The molecule has 2 N–H and O–H groups in total. The number of hydrogen-bond acceptors (Lipinski definition) is 5. The Balaban J connectivity index is 0.000000221. The maximum atomic E-state index is 5.60. The second-order valence-electron chi connectivity index (χ2n) is 6.08. The molecule has 0 aliphatic rings. The van der Waals surface area contributed by atoms with E-state index < -0.39 is 0 Å². The van der Waals surface area contributed by atoms with Crippen LogP contribution in [-0.2, 0) is 26.6 Å². The first-order valence-electron chi connectivity index (χ1n) is 8.87. The summed E-state index contributed by atoms with van der Waals surface area (Å²) in [5.74, 6) is 0. The molecular weight excluding hydrogens is 356 g/mol. The monoisotopic (exact) mass is 380 g/mol. The van der Waals surface area contributed by atoms with Crippen LogP contribution in [0.15, 0.2) is 60.4 Å². The van der Waals surface area contributed by atoms with Crippen molar-refractivity contribution in [1.82, 2.24) is 24.5 Å². The summed E-state index contributed by atoms with van der Waals surface area (Å²) >= 11 is 1.65. The van der Waals surface area contributed by atoms with Crippen LogP contribution in [0.2, 0.25) is 0 Å². The van der Waals surface area contributed by atoms with E-state index >= 15 is 0 Å². The Morgan fingerprint density at radius 3 is 2.44 bits per heavy atom. The van der Waals surface area contributed by atoms with Gasteiger partial charge in [-0.3, -0.25) is 9.36 Å². The predicted octanol–water partition coefficient (Wildman–Crippen LogP) is 3.50. The molecule has 0 atom stereocenters. The Kier molecular flexibility index (Phi) is 6.51. The molecule has 0 saturated heterocycles. The van der Waals surface area contributed by atoms with E-state index in [0.717, 1.165) is 33.9 Å². The maximum absolute atomic E-state index is 5.60. The third-order valence-corrected chi connectivity index (χ3v) is 4.94. The van der Waals surface area contributed by atoms with E-state index in [-0.39, 0.29) is 0 Å². The van der Waals surface area contributed by atoms with Crippen LogP contribution in [0, 0.1) is 0 Å². The second kappa shape index (κ2) is 9.25. The number of benzene rings is 1. The molecule has 0 aliphatic carbocycles. The standard InChI is InChI=1S/C14H14N4S.C6H10N2/c15-8-11-2-4-12(5-3-11)14-17-13(10-19-14)9-18-7-1-6-16-18;1-3-6-4-5-8(2)7-6/h1-7,10H,8-9,15H2;4-5H,3H2,1-2H3. The molecule has 7 heteroatoms. The van der Waals surface area contributed by atoms with Crippen molar-refractivity contribution >= 4 is 11.3 Å². The quantitative estimate of drug-likeness (QED) is 0.575. The van der Waals surface area contributed by atoms with Crippen molar-refractivity contribution in [3.05, 3.63) is 77.3 Å². The number of nitrogens with two attached hydrogens (primary N) is 1. The summed E-state index contributed by atoms with van der Waals surface area (Å²) in [6.45, 7) is 3.38. The van der Waals surface area contributed by atoms with Gasteiger partial charge in [-0.2, -0.15) is 10.2 Å². The lowest BCUT2D eigenvalue weighted by atomic mass is 10.1. The van der Waals surface area contributed by atoms with E-state index in [1.54, 1.807) is 17.5 Å². The van der Waals surface area contributed by atoms with Gasteiger partial charge in [-0.05, 0) is 24.1 Å². The molecule has 3 aromatic heterocycles. The van der Waals surface area contributed by atoms with Crippen molar-refractivity contribution in [3.63, 3.8) is 0 Å². The fourth-order valence-corrected chi connectivity index (χ4v) is 3.32. The third-order valence-electron chi connectivity index (χ3n) is 4.00. The second-order valence-corrected chi connectivity index (χ2v) is 6.94. The summed E-state index contributed by atoms with van der Waals surface area (Å²) in [6.07, 6.45) is 6.70. The van der Waals surface area contributed by atoms with E-state index in [1.807, 2.05) is 53.1 Å².